The number of hydrogen-bond donors (Lipinski definition) is 2. The lowest BCUT2D eigenvalue weighted by molar-refractivity contribution is 0.0827. The Bertz CT molecular complexity index is 91.3. The minimum atomic E-state index is -0.393. The zero-order valence-electron chi connectivity index (χ0n) is 7.22. The van der Waals surface area contributed by atoms with Crippen molar-refractivity contribution in [3.8, 4) is 0 Å². The van der Waals surface area contributed by atoms with Crippen molar-refractivity contribution < 1.29 is 5.11 Å². The molecule has 0 saturated heterocycles. The molecule has 2 unspecified atom stereocenters. The number of rotatable bonds is 4. The Labute approximate surface area is 63.4 Å². The van der Waals surface area contributed by atoms with Crippen molar-refractivity contribution in [3.05, 3.63) is 0 Å². The summed E-state index contributed by atoms with van der Waals surface area (Å²) < 4.78 is 0. The van der Waals surface area contributed by atoms with Crippen LogP contribution in [-0.4, -0.2) is 16.7 Å². The van der Waals surface area contributed by atoms with Crippen LogP contribution < -0.4 is 5.73 Å². The van der Waals surface area contributed by atoms with Crippen LogP contribution in [0, 0.1) is 0 Å². The van der Waals surface area contributed by atoms with Crippen molar-refractivity contribution in [1.82, 2.24) is 0 Å². The van der Waals surface area contributed by atoms with Gasteiger partial charge < -0.3 is 10.8 Å². The molecule has 2 atom stereocenters. The first-order valence-electron chi connectivity index (χ1n) is 4.01. The predicted molar refractivity (Wildman–Crippen MR) is 43.8 cm³/mol. The van der Waals surface area contributed by atoms with Crippen LogP contribution in [0.15, 0.2) is 0 Å². The van der Waals surface area contributed by atoms with E-state index in [0.29, 0.717) is 0 Å². The van der Waals surface area contributed by atoms with E-state index in [1.54, 1.807) is 0 Å². The molecule has 0 aliphatic rings. The van der Waals surface area contributed by atoms with Gasteiger partial charge in [0.2, 0.25) is 0 Å². The topological polar surface area (TPSA) is 46.2 Å². The van der Waals surface area contributed by atoms with Gasteiger partial charge in [0.25, 0.3) is 0 Å². The quantitative estimate of drug-likeness (QED) is 0.626. The standard InChI is InChI=1S/C8H19NO/c1-4-6-7(10)8(3,9)5-2/h7,10H,4-6,9H2,1-3H3. The van der Waals surface area contributed by atoms with Crippen LogP contribution in [0.1, 0.15) is 40.0 Å². The van der Waals surface area contributed by atoms with Crippen LogP contribution in [0.5, 0.6) is 0 Å². The molecule has 0 amide bonds. The van der Waals surface area contributed by atoms with Gasteiger partial charge in [0.1, 0.15) is 0 Å². The van der Waals surface area contributed by atoms with Crippen molar-refractivity contribution in [1.29, 1.82) is 0 Å². The molecule has 2 heteroatoms. The Morgan fingerprint density at radius 1 is 1.50 bits per heavy atom. The maximum atomic E-state index is 9.45. The van der Waals surface area contributed by atoms with E-state index in [9.17, 15) is 5.11 Å². The molecule has 62 valence electrons. The highest BCUT2D eigenvalue weighted by Gasteiger charge is 2.24. The highest BCUT2D eigenvalue weighted by Crippen LogP contribution is 2.14. The first-order valence-corrected chi connectivity index (χ1v) is 4.01. The SMILES string of the molecule is CCCC(O)C(C)(N)CC. The molecule has 0 saturated carbocycles. The average molecular weight is 145 g/mol. The summed E-state index contributed by atoms with van der Waals surface area (Å²) in [6.07, 6.45) is 2.28. The highest BCUT2D eigenvalue weighted by molar-refractivity contribution is 4.84. The van der Waals surface area contributed by atoms with E-state index >= 15 is 0 Å². The van der Waals surface area contributed by atoms with E-state index in [1.165, 1.54) is 0 Å². The zero-order chi connectivity index (χ0) is 8.20. The molecule has 0 bridgehead atoms. The van der Waals surface area contributed by atoms with Crippen molar-refractivity contribution in [2.45, 2.75) is 51.7 Å². The minimum Gasteiger partial charge on any atom is -0.391 e. The van der Waals surface area contributed by atoms with Gasteiger partial charge in [-0.15, -0.1) is 0 Å². The summed E-state index contributed by atoms with van der Waals surface area (Å²) >= 11 is 0. The van der Waals surface area contributed by atoms with Gasteiger partial charge in [0, 0.05) is 5.54 Å². The first kappa shape index (κ1) is 9.92. The Kier molecular flexibility index (Phi) is 3.91. The third kappa shape index (κ3) is 2.67. The van der Waals surface area contributed by atoms with E-state index in [0.717, 1.165) is 19.3 Å². The largest absolute Gasteiger partial charge is 0.391 e. The molecule has 0 fully saturated rings. The van der Waals surface area contributed by atoms with Crippen LogP contribution in [0.3, 0.4) is 0 Å². The molecule has 2 nitrogen and oxygen atoms in total. The van der Waals surface area contributed by atoms with Gasteiger partial charge in [-0.25, -0.2) is 0 Å². The van der Waals surface area contributed by atoms with Crippen LogP contribution in [0.2, 0.25) is 0 Å². The van der Waals surface area contributed by atoms with Gasteiger partial charge in [0.15, 0.2) is 0 Å². The Hall–Kier alpha value is -0.0800. The number of aliphatic hydroxyl groups is 1. The molecular weight excluding hydrogens is 126 g/mol. The average Bonchev–Trinajstić information content (AvgIpc) is 1.89. The molecule has 0 aromatic carbocycles. The predicted octanol–water partition coefficient (Wildman–Crippen LogP) is 1.27. The third-order valence-electron chi connectivity index (χ3n) is 2.09. The van der Waals surface area contributed by atoms with Gasteiger partial charge in [0.05, 0.1) is 6.10 Å². The molecule has 0 radical (unpaired) electrons. The van der Waals surface area contributed by atoms with Gasteiger partial charge in [-0.2, -0.15) is 0 Å². The normalized spacial score (nSPS) is 20.1. The summed E-state index contributed by atoms with van der Waals surface area (Å²) in [5.41, 5.74) is 5.40. The number of aliphatic hydroxyl groups excluding tert-OH is 1. The lowest BCUT2D eigenvalue weighted by Crippen LogP contribution is -2.47. The maximum Gasteiger partial charge on any atom is 0.0716 e. The van der Waals surface area contributed by atoms with Crippen molar-refractivity contribution in [2.24, 2.45) is 5.73 Å². The van der Waals surface area contributed by atoms with Crippen molar-refractivity contribution >= 4 is 0 Å². The Balaban J connectivity index is 3.78. The fourth-order valence-corrected chi connectivity index (χ4v) is 0.839. The van der Waals surface area contributed by atoms with Crippen LogP contribution in [0.4, 0.5) is 0 Å². The number of hydrogen-bond acceptors (Lipinski definition) is 2. The van der Waals surface area contributed by atoms with Gasteiger partial charge in [-0.3, -0.25) is 0 Å². The molecule has 0 aromatic heterocycles. The molecular formula is C8H19NO. The lowest BCUT2D eigenvalue weighted by atomic mass is 9.90. The first-order chi connectivity index (χ1) is 4.54. The summed E-state index contributed by atoms with van der Waals surface area (Å²) in [5, 5.41) is 9.45. The smallest absolute Gasteiger partial charge is 0.0716 e. The van der Waals surface area contributed by atoms with Crippen molar-refractivity contribution in [2.75, 3.05) is 0 Å². The van der Waals surface area contributed by atoms with Gasteiger partial charge >= 0.3 is 0 Å². The molecule has 0 aliphatic heterocycles. The molecule has 0 heterocycles. The fraction of sp³-hybridized carbons (Fsp3) is 1.00. The van der Waals surface area contributed by atoms with E-state index in [2.05, 4.69) is 6.92 Å². The van der Waals surface area contributed by atoms with E-state index < -0.39 is 5.54 Å². The lowest BCUT2D eigenvalue weighted by Gasteiger charge is -2.28. The van der Waals surface area contributed by atoms with E-state index in [1.807, 2.05) is 13.8 Å². The monoisotopic (exact) mass is 145 g/mol. The van der Waals surface area contributed by atoms with Crippen molar-refractivity contribution in [3.63, 3.8) is 0 Å². The maximum absolute atomic E-state index is 9.45. The summed E-state index contributed by atoms with van der Waals surface area (Å²) in [7, 11) is 0. The third-order valence-corrected chi connectivity index (χ3v) is 2.09. The molecule has 0 spiro atoms. The second-order valence-corrected chi connectivity index (χ2v) is 3.16. The van der Waals surface area contributed by atoms with Crippen LogP contribution >= 0.6 is 0 Å². The molecule has 0 aromatic rings. The van der Waals surface area contributed by atoms with E-state index in [4.69, 9.17) is 5.73 Å². The van der Waals surface area contributed by atoms with E-state index in [-0.39, 0.29) is 6.10 Å². The minimum absolute atomic E-state index is 0.345. The zero-order valence-corrected chi connectivity index (χ0v) is 7.22. The van der Waals surface area contributed by atoms with Crippen LogP contribution in [0.25, 0.3) is 0 Å². The molecule has 0 aliphatic carbocycles. The highest BCUT2D eigenvalue weighted by atomic mass is 16.3. The molecule has 3 N–H and O–H groups in total. The summed E-state index contributed by atoms with van der Waals surface area (Å²) in [5.74, 6) is 0. The molecule has 0 rings (SSSR count). The second-order valence-electron chi connectivity index (χ2n) is 3.16. The fourth-order valence-electron chi connectivity index (χ4n) is 0.839. The summed E-state index contributed by atoms with van der Waals surface area (Å²) in [4.78, 5) is 0. The molecule has 10 heavy (non-hydrogen) atoms. The summed E-state index contributed by atoms with van der Waals surface area (Å²) in [6, 6.07) is 0. The Morgan fingerprint density at radius 2 is 2.00 bits per heavy atom. The summed E-state index contributed by atoms with van der Waals surface area (Å²) in [6.45, 7) is 5.95. The second kappa shape index (κ2) is 3.94. The van der Waals surface area contributed by atoms with Gasteiger partial charge in [-0.1, -0.05) is 20.3 Å². The van der Waals surface area contributed by atoms with Crippen LogP contribution in [-0.2, 0) is 0 Å². The Morgan fingerprint density at radius 3 is 2.30 bits per heavy atom. The van der Waals surface area contributed by atoms with Gasteiger partial charge in [-0.05, 0) is 19.8 Å². The number of nitrogens with two attached hydrogens (primary N) is 1.